The second-order valence-electron chi connectivity index (χ2n) is 3.75. The topological polar surface area (TPSA) is 35.8 Å². The summed E-state index contributed by atoms with van der Waals surface area (Å²) in [5.74, 6) is 6.29. The largest absolute Gasteiger partial charge is 0.319 e. The molecule has 0 aliphatic rings. The minimum Gasteiger partial charge on any atom is -0.319 e. The highest BCUT2D eigenvalue weighted by Crippen LogP contribution is 2.15. The van der Waals surface area contributed by atoms with Crippen LogP contribution >= 0.6 is 0 Å². The van der Waals surface area contributed by atoms with Crippen molar-refractivity contribution in [3.05, 3.63) is 34.4 Å². The quantitative estimate of drug-likeness (QED) is 0.602. The molecule has 1 N–H and O–H groups in total. The van der Waals surface area contributed by atoms with E-state index in [0.717, 1.165) is 29.7 Å². The van der Waals surface area contributed by atoms with Crippen molar-refractivity contribution in [3.63, 3.8) is 0 Å². The number of hydrogen-bond acceptors (Lipinski definition) is 2. The van der Waals surface area contributed by atoms with Crippen LogP contribution < -0.4 is 5.32 Å². The van der Waals surface area contributed by atoms with E-state index < -0.39 is 0 Å². The number of nitriles is 1. The lowest BCUT2D eigenvalue weighted by Crippen LogP contribution is -2.05. The third-order valence-corrected chi connectivity index (χ3v) is 2.38. The van der Waals surface area contributed by atoms with Gasteiger partial charge in [-0.25, -0.2) is 0 Å². The lowest BCUT2D eigenvalue weighted by atomic mass is 10.00. The molecule has 0 aromatic heterocycles. The molecular weight excluding hydrogens is 196 g/mol. The number of aryl methyl sites for hydroxylation is 2. The van der Waals surface area contributed by atoms with Crippen molar-refractivity contribution in [1.29, 1.82) is 5.26 Å². The third kappa shape index (κ3) is 3.12. The van der Waals surface area contributed by atoms with Crippen LogP contribution in [0.2, 0.25) is 0 Å². The standard InChI is InChI=1S/C14H16N2/c1-11-8-13(10-15)9-12(2)14(11)6-4-5-7-16-3/h8-9,16H,5,7H2,1-3H3. The van der Waals surface area contributed by atoms with Crippen molar-refractivity contribution in [2.45, 2.75) is 20.3 Å². The molecule has 1 rings (SSSR count). The van der Waals surface area contributed by atoms with Gasteiger partial charge in [-0.3, -0.25) is 0 Å². The molecular formula is C14H16N2. The summed E-state index contributed by atoms with van der Waals surface area (Å²) in [6.07, 6.45) is 0.843. The number of rotatable bonds is 2. The summed E-state index contributed by atoms with van der Waals surface area (Å²) in [6, 6.07) is 5.92. The van der Waals surface area contributed by atoms with E-state index in [0.29, 0.717) is 5.56 Å². The van der Waals surface area contributed by atoms with Gasteiger partial charge in [-0.15, -0.1) is 0 Å². The van der Waals surface area contributed by atoms with Crippen molar-refractivity contribution in [2.24, 2.45) is 0 Å². The molecule has 0 spiro atoms. The first-order valence-electron chi connectivity index (χ1n) is 5.34. The fraction of sp³-hybridized carbons (Fsp3) is 0.357. The second kappa shape index (κ2) is 5.95. The van der Waals surface area contributed by atoms with Crippen molar-refractivity contribution >= 4 is 0 Å². The zero-order chi connectivity index (χ0) is 12.0. The smallest absolute Gasteiger partial charge is 0.0991 e. The molecule has 0 aliphatic heterocycles. The fourth-order valence-corrected chi connectivity index (χ4v) is 1.56. The van der Waals surface area contributed by atoms with Crippen LogP contribution in [0.25, 0.3) is 0 Å². The van der Waals surface area contributed by atoms with E-state index in [1.165, 1.54) is 0 Å². The van der Waals surface area contributed by atoms with Crippen LogP contribution in [0.3, 0.4) is 0 Å². The van der Waals surface area contributed by atoms with Gasteiger partial charge >= 0.3 is 0 Å². The Morgan fingerprint density at radius 2 is 1.88 bits per heavy atom. The van der Waals surface area contributed by atoms with Crippen LogP contribution in [-0.4, -0.2) is 13.6 Å². The van der Waals surface area contributed by atoms with E-state index in [4.69, 9.17) is 5.26 Å². The van der Waals surface area contributed by atoms with Crippen LogP contribution in [0.15, 0.2) is 12.1 Å². The summed E-state index contributed by atoms with van der Waals surface area (Å²) in [5.41, 5.74) is 3.91. The van der Waals surface area contributed by atoms with Crippen LogP contribution in [0, 0.1) is 37.0 Å². The first-order valence-corrected chi connectivity index (χ1v) is 5.34. The molecule has 16 heavy (non-hydrogen) atoms. The summed E-state index contributed by atoms with van der Waals surface area (Å²) in [4.78, 5) is 0. The molecule has 82 valence electrons. The summed E-state index contributed by atoms with van der Waals surface area (Å²) < 4.78 is 0. The highest BCUT2D eigenvalue weighted by Gasteiger charge is 2.01. The molecule has 0 atom stereocenters. The molecule has 0 radical (unpaired) electrons. The molecule has 2 nitrogen and oxygen atoms in total. The maximum absolute atomic E-state index is 8.83. The molecule has 0 unspecified atom stereocenters. The van der Waals surface area contributed by atoms with Crippen molar-refractivity contribution in [2.75, 3.05) is 13.6 Å². The first kappa shape index (κ1) is 12.3. The first-order chi connectivity index (χ1) is 7.69. The highest BCUT2D eigenvalue weighted by molar-refractivity contribution is 5.50. The van der Waals surface area contributed by atoms with E-state index in [-0.39, 0.29) is 0 Å². The summed E-state index contributed by atoms with van der Waals surface area (Å²) in [7, 11) is 1.92. The minimum atomic E-state index is 0.704. The van der Waals surface area contributed by atoms with Gasteiger partial charge in [0.15, 0.2) is 0 Å². The lowest BCUT2D eigenvalue weighted by Gasteiger charge is -2.03. The number of benzene rings is 1. The van der Waals surface area contributed by atoms with E-state index in [9.17, 15) is 0 Å². The predicted octanol–water partition coefficient (Wildman–Crippen LogP) is 2.14. The normalized spacial score (nSPS) is 9.12. The van der Waals surface area contributed by atoms with Gasteiger partial charge in [0.1, 0.15) is 0 Å². The Hall–Kier alpha value is -1.77. The molecule has 2 heteroatoms. The molecule has 1 aromatic rings. The Kier molecular flexibility index (Phi) is 4.58. The van der Waals surface area contributed by atoms with Gasteiger partial charge in [-0.2, -0.15) is 5.26 Å². The zero-order valence-corrected chi connectivity index (χ0v) is 10.0. The van der Waals surface area contributed by atoms with E-state index in [1.54, 1.807) is 0 Å². The summed E-state index contributed by atoms with van der Waals surface area (Å²) in [6.45, 7) is 4.90. The molecule has 1 aromatic carbocycles. The summed E-state index contributed by atoms with van der Waals surface area (Å²) >= 11 is 0. The lowest BCUT2D eigenvalue weighted by molar-refractivity contribution is 0.818. The van der Waals surface area contributed by atoms with Crippen molar-refractivity contribution < 1.29 is 0 Å². The fourth-order valence-electron chi connectivity index (χ4n) is 1.56. The van der Waals surface area contributed by atoms with Gasteiger partial charge in [-0.05, 0) is 44.2 Å². The molecule has 0 bridgehead atoms. The molecule has 0 saturated carbocycles. The average molecular weight is 212 g/mol. The van der Waals surface area contributed by atoms with Crippen molar-refractivity contribution in [1.82, 2.24) is 5.32 Å². The monoisotopic (exact) mass is 212 g/mol. The van der Waals surface area contributed by atoms with E-state index in [1.807, 2.05) is 33.0 Å². The maximum atomic E-state index is 8.83. The van der Waals surface area contributed by atoms with Crippen LogP contribution in [-0.2, 0) is 0 Å². The zero-order valence-electron chi connectivity index (χ0n) is 10.0. The van der Waals surface area contributed by atoms with Crippen LogP contribution in [0.1, 0.15) is 28.7 Å². The number of nitrogens with one attached hydrogen (secondary N) is 1. The van der Waals surface area contributed by atoms with Crippen LogP contribution in [0.4, 0.5) is 0 Å². The van der Waals surface area contributed by atoms with E-state index >= 15 is 0 Å². The number of hydrogen-bond donors (Lipinski definition) is 1. The van der Waals surface area contributed by atoms with Gasteiger partial charge < -0.3 is 5.32 Å². The van der Waals surface area contributed by atoms with E-state index in [2.05, 4.69) is 23.2 Å². The van der Waals surface area contributed by atoms with Gasteiger partial charge in [0.05, 0.1) is 11.6 Å². The molecule has 0 saturated heterocycles. The van der Waals surface area contributed by atoms with Crippen molar-refractivity contribution in [3.8, 4) is 17.9 Å². The van der Waals surface area contributed by atoms with Crippen LogP contribution in [0.5, 0.6) is 0 Å². The molecule has 0 fully saturated rings. The summed E-state index contributed by atoms with van der Waals surface area (Å²) in [5, 5.41) is 11.9. The minimum absolute atomic E-state index is 0.704. The Morgan fingerprint density at radius 3 is 2.38 bits per heavy atom. The Morgan fingerprint density at radius 1 is 1.25 bits per heavy atom. The third-order valence-electron chi connectivity index (χ3n) is 2.38. The predicted molar refractivity (Wildman–Crippen MR) is 66.1 cm³/mol. The van der Waals surface area contributed by atoms with Gasteiger partial charge in [-0.1, -0.05) is 11.8 Å². The maximum Gasteiger partial charge on any atom is 0.0991 e. The molecule has 0 heterocycles. The van der Waals surface area contributed by atoms with Gasteiger partial charge in [0.25, 0.3) is 0 Å². The number of nitrogens with zero attached hydrogens (tertiary/aromatic N) is 1. The Balaban J connectivity index is 2.96. The second-order valence-corrected chi connectivity index (χ2v) is 3.75. The Bertz CT molecular complexity index is 447. The highest BCUT2D eigenvalue weighted by atomic mass is 14.8. The van der Waals surface area contributed by atoms with Gasteiger partial charge in [0.2, 0.25) is 0 Å². The average Bonchev–Trinajstić information content (AvgIpc) is 2.26. The molecule has 0 aliphatic carbocycles. The van der Waals surface area contributed by atoms with Gasteiger partial charge in [0, 0.05) is 18.5 Å². The SMILES string of the molecule is CNCCC#Cc1c(C)cc(C#N)cc1C. The Labute approximate surface area is 97.3 Å². The molecule has 0 amide bonds.